The van der Waals surface area contributed by atoms with Gasteiger partial charge in [-0.25, -0.2) is 13.1 Å². The monoisotopic (exact) mass is 657 g/mol. The number of aryl methyl sites for hydroxylation is 1. The quantitative estimate of drug-likeness (QED) is 0.167. The fourth-order valence-electron chi connectivity index (χ4n) is 5.32. The van der Waals surface area contributed by atoms with Gasteiger partial charge >= 0.3 is 0 Å². The molecular formula is C37H43N3O6S. The largest absolute Gasteiger partial charge is 0.493 e. The van der Waals surface area contributed by atoms with Crippen LogP contribution in [0.4, 0.5) is 0 Å². The van der Waals surface area contributed by atoms with Gasteiger partial charge in [-0.3, -0.25) is 9.59 Å². The number of carbonyl (C=O) groups excluding carboxylic acids is 2. The third-order valence-corrected chi connectivity index (χ3v) is 9.38. The molecule has 2 amide bonds. The molecule has 4 aromatic carbocycles. The highest BCUT2D eigenvalue weighted by Gasteiger charge is 2.30. The zero-order chi connectivity index (χ0) is 33.6. The fraction of sp³-hybridized carbons (Fsp3) is 0.297. The lowest BCUT2D eigenvalue weighted by Gasteiger charge is -2.31. The highest BCUT2D eigenvalue weighted by molar-refractivity contribution is 7.89. The summed E-state index contributed by atoms with van der Waals surface area (Å²) in [7, 11) is -0.402. The average Bonchev–Trinajstić information content (AvgIpc) is 3.09. The van der Waals surface area contributed by atoms with Crippen molar-refractivity contribution in [3.63, 3.8) is 0 Å². The molecule has 0 aliphatic carbocycles. The van der Waals surface area contributed by atoms with Crippen molar-refractivity contribution in [3.8, 4) is 11.5 Å². The molecule has 0 aliphatic rings. The van der Waals surface area contributed by atoms with E-state index in [1.54, 1.807) is 50.3 Å². The Kier molecular flexibility index (Phi) is 13.0. The minimum absolute atomic E-state index is 0.149. The van der Waals surface area contributed by atoms with E-state index in [0.717, 1.165) is 22.3 Å². The Bertz CT molecular complexity index is 1700. The van der Waals surface area contributed by atoms with Gasteiger partial charge in [0, 0.05) is 32.5 Å². The fourth-order valence-corrected chi connectivity index (χ4v) is 6.36. The SMILES string of the molecule is CCNS(=O)(=O)c1ccc(CCC(=O)N(Cc2ccccc2)[C@H](Cc2ccccc2)C(=O)NCCc2ccc(OC)c(OC)c2)cc1. The molecule has 0 saturated carbocycles. The highest BCUT2D eigenvalue weighted by atomic mass is 32.2. The Morgan fingerprint density at radius 2 is 1.36 bits per heavy atom. The van der Waals surface area contributed by atoms with E-state index in [4.69, 9.17) is 9.47 Å². The maximum atomic E-state index is 14.0. The number of hydrogen-bond donors (Lipinski definition) is 2. The van der Waals surface area contributed by atoms with Gasteiger partial charge in [0.25, 0.3) is 0 Å². The van der Waals surface area contributed by atoms with Gasteiger partial charge in [0.2, 0.25) is 21.8 Å². The van der Waals surface area contributed by atoms with Gasteiger partial charge in [-0.2, -0.15) is 0 Å². The van der Waals surface area contributed by atoms with E-state index in [-0.39, 0.29) is 29.7 Å². The first-order valence-electron chi connectivity index (χ1n) is 15.7. The van der Waals surface area contributed by atoms with Crippen molar-refractivity contribution < 1.29 is 27.5 Å². The van der Waals surface area contributed by atoms with Crippen molar-refractivity contribution in [1.82, 2.24) is 14.9 Å². The van der Waals surface area contributed by atoms with Crippen LogP contribution >= 0.6 is 0 Å². The lowest BCUT2D eigenvalue weighted by molar-refractivity contribution is -0.141. The second-order valence-corrected chi connectivity index (χ2v) is 12.9. The molecule has 0 fully saturated rings. The summed E-state index contributed by atoms with van der Waals surface area (Å²) < 4.78 is 37.9. The van der Waals surface area contributed by atoms with Crippen LogP contribution in [0.3, 0.4) is 0 Å². The number of rotatable bonds is 17. The molecule has 1 atom stereocenters. The van der Waals surface area contributed by atoms with Gasteiger partial charge in [0.15, 0.2) is 11.5 Å². The van der Waals surface area contributed by atoms with E-state index in [1.165, 1.54) is 0 Å². The molecule has 0 radical (unpaired) electrons. The summed E-state index contributed by atoms with van der Waals surface area (Å²) in [6.07, 6.45) is 1.45. The van der Waals surface area contributed by atoms with Crippen molar-refractivity contribution in [3.05, 3.63) is 125 Å². The molecule has 0 bridgehead atoms. The summed E-state index contributed by atoms with van der Waals surface area (Å²) in [4.78, 5) is 29.8. The van der Waals surface area contributed by atoms with Crippen LogP contribution in [-0.4, -0.2) is 58.5 Å². The molecule has 0 unspecified atom stereocenters. The van der Waals surface area contributed by atoms with E-state index in [9.17, 15) is 18.0 Å². The van der Waals surface area contributed by atoms with Crippen LogP contribution in [-0.2, 0) is 45.4 Å². The molecule has 4 rings (SSSR count). The molecule has 248 valence electrons. The van der Waals surface area contributed by atoms with Crippen LogP contribution in [0.2, 0.25) is 0 Å². The van der Waals surface area contributed by atoms with Gasteiger partial charge in [0.05, 0.1) is 19.1 Å². The number of nitrogens with one attached hydrogen (secondary N) is 2. The summed E-state index contributed by atoms with van der Waals surface area (Å²) in [6, 6.07) is 30.7. The van der Waals surface area contributed by atoms with Gasteiger partial charge in [0.1, 0.15) is 6.04 Å². The Morgan fingerprint density at radius 3 is 1.98 bits per heavy atom. The normalized spacial score (nSPS) is 11.8. The Labute approximate surface area is 278 Å². The molecule has 2 N–H and O–H groups in total. The standard InChI is InChI=1S/C37H43N3O6S/c1-4-39-47(43,44)32-19-15-28(16-20-32)18-22-36(41)40(27-31-13-9-6-10-14-31)33(25-29-11-7-5-8-12-29)37(42)38-24-23-30-17-21-34(45-2)35(26-30)46-3/h5-17,19-21,26,33,39H,4,18,22-25,27H2,1-3H3,(H,38,42)/t33-/m1/s1. The maximum absolute atomic E-state index is 14.0. The average molecular weight is 658 g/mol. The molecule has 0 aromatic heterocycles. The summed E-state index contributed by atoms with van der Waals surface area (Å²) in [6.45, 7) is 2.65. The molecule has 4 aromatic rings. The summed E-state index contributed by atoms with van der Waals surface area (Å²) >= 11 is 0. The zero-order valence-electron chi connectivity index (χ0n) is 27.1. The van der Waals surface area contributed by atoms with E-state index in [2.05, 4.69) is 10.0 Å². The minimum Gasteiger partial charge on any atom is -0.493 e. The smallest absolute Gasteiger partial charge is 0.243 e. The van der Waals surface area contributed by atoms with Crippen molar-refractivity contribution in [1.29, 1.82) is 0 Å². The Morgan fingerprint density at radius 1 is 0.745 bits per heavy atom. The zero-order valence-corrected chi connectivity index (χ0v) is 28.0. The van der Waals surface area contributed by atoms with Gasteiger partial charge in [-0.1, -0.05) is 85.8 Å². The molecule has 0 aliphatic heterocycles. The Hall–Kier alpha value is -4.67. The van der Waals surface area contributed by atoms with Crippen molar-refractivity contribution >= 4 is 21.8 Å². The number of sulfonamides is 1. The number of nitrogens with zero attached hydrogens (tertiary/aromatic N) is 1. The van der Waals surface area contributed by atoms with E-state index < -0.39 is 16.1 Å². The van der Waals surface area contributed by atoms with Crippen LogP contribution in [0.15, 0.2) is 108 Å². The van der Waals surface area contributed by atoms with Crippen LogP contribution in [0, 0.1) is 0 Å². The molecular weight excluding hydrogens is 614 g/mol. The number of amides is 2. The van der Waals surface area contributed by atoms with Gasteiger partial charge < -0.3 is 19.7 Å². The minimum atomic E-state index is -3.57. The Balaban J connectivity index is 1.54. The highest BCUT2D eigenvalue weighted by Crippen LogP contribution is 2.27. The summed E-state index contributed by atoms with van der Waals surface area (Å²) in [5.74, 6) is 0.838. The topological polar surface area (TPSA) is 114 Å². The van der Waals surface area contributed by atoms with Crippen LogP contribution in [0.25, 0.3) is 0 Å². The van der Waals surface area contributed by atoms with Crippen LogP contribution < -0.4 is 19.5 Å². The maximum Gasteiger partial charge on any atom is 0.243 e. The van der Waals surface area contributed by atoms with E-state index in [1.807, 2.05) is 78.9 Å². The molecule has 0 spiro atoms. The predicted molar refractivity (Wildman–Crippen MR) is 183 cm³/mol. The molecule has 47 heavy (non-hydrogen) atoms. The third kappa shape index (κ3) is 10.2. The number of methoxy groups -OCH3 is 2. The third-order valence-electron chi connectivity index (χ3n) is 7.82. The first-order valence-corrected chi connectivity index (χ1v) is 17.2. The van der Waals surface area contributed by atoms with Crippen molar-refractivity contribution in [2.45, 2.75) is 50.1 Å². The second-order valence-electron chi connectivity index (χ2n) is 11.1. The first kappa shape index (κ1) is 35.2. The lowest BCUT2D eigenvalue weighted by Crippen LogP contribution is -2.50. The number of ether oxygens (including phenoxy) is 2. The molecule has 0 saturated heterocycles. The molecule has 9 nitrogen and oxygen atoms in total. The van der Waals surface area contributed by atoms with Gasteiger partial charge in [-0.15, -0.1) is 0 Å². The lowest BCUT2D eigenvalue weighted by atomic mass is 10.0. The second kappa shape index (κ2) is 17.3. The predicted octanol–water partition coefficient (Wildman–Crippen LogP) is 4.93. The summed E-state index contributed by atoms with van der Waals surface area (Å²) in [5.41, 5.74) is 3.66. The summed E-state index contributed by atoms with van der Waals surface area (Å²) in [5, 5.41) is 3.08. The number of hydrogen-bond acceptors (Lipinski definition) is 6. The van der Waals surface area contributed by atoms with Gasteiger partial charge in [-0.05, 0) is 59.4 Å². The van der Waals surface area contributed by atoms with E-state index in [0.29, 0.717) is 43.9 Å². The number of benzene rings is 4. The van der Waals surface area contributed by atoms with Crippen LogP contribution in [0.1, 0.15) is 35.6 Å². The first-order chi connectivity index (χ1) is 22.7. The van der Waals surface area contributed by atoms with Crippen molar-refractivity contribution in [2.24, 2.45) is 0 Å². The molecule has 10 heteroatoms. The van der Waals surface area contributed by atoms with Crippen LogP contribution in [0.5, 0.6) is 11.5 Å². The number of carbonyl (C=O) groups is 2. The molecule has 0 heterocycles. The van der Waals surface area contributed by atoms with Crippen molar-refractivity contribution in [2.75, 3.05) is 27.3 Å². The van der Waals surface area contributed by atoms with E-state index >= 15 is 0 Å².